The minimum atomic E-state index is -0.513. The highest BCUT2D eigenvalue weighted by Crippen LogP contribution is 2.28. The first kappa shape index (κ1) is 20.4. The van der Waals surface area contributed by atoms with Crippen LogP contribution < -0.4 is 10.6 Å². The van der Waals surface area contributed by atoms with E-state index in [1.54, 1.807) is 6.92 Å². The van der Waals surface area contributed by atoms with Crippen LogP contribution in [0.5, 0.6) is 0 Å². The number of likely N-dealkylation sites (N-methyl/N-ethyl adjacent to an activating group) is 1. The molecule has 7 nitrogen and oxygen atoms in total. The summed E-state index contributed by atoms with van der Waals surface area (Å²) in [4.78, 5) is 29.7. The van der Waals surface area contributed by atoms with Crippen LogP contribution in [0.4, 0.5) is 4.79 Å². The molecule has 7 heteroatoms. The summed E-state index contributed by atoms with van der Waals surface area (Å²) in [5.41, 5.74) is 3.22. The molecular weight excluding hydrogens is 356 g/mol. The molecule has 2 aliphatic heterocycles. The number of amides is 2. The first-order chi connectivity index (χ1) is 13.5. The number of nitrogens with one attached hydrogen (secondary N) is 2. The lowest BCUT2D eigenvalue weighted by molar-refractivity contribution is -0.139. The minimum Gasteiger partial charge on any atom is -0.463 e. The largest absolute Gasteiger partial charge is 0.463 e. The summed E-state index contributed by atoms with van der Waals surface area (Å²) in [5, 5.41) is 5.76. The van der Waals surface area contributed by atoms with Crippen LogP contribution in [0.3, 0.4) is 0 Å². The maximum absolute atomic E-state index is 12.8. The topological polar surface area (TPSA) is 73.9 Å². The summed E-state index contributed by atoms with van der Waals surface area (Å²) in [6, 6.07) is 7.21. The summed E-state index contributed by atoms with van der Waals surface area (Å²) >= 11 is 0. The lowest BCUT2D eigenvalue weighted by Crippen LogP contribution is -2.51. The molecular formula is C21H30N4O3. The van der Waals surface area contributed by atoms with Crippen LogP contribution in [0.25, 0.3) is 0 Å². The number of benzene rings is 1. The Kier molecular flexibility index (Phi) is 6.70. The SMILES string of the molecule is CCOC(=O)C1=C(CN2CCN(C)CC2)NC(=O)N[C@@H]1c1ccc(CC)cc1. The van der Waals surface area contributed by atoms with Crippen LogP contribution in [0, 0.1) is 0 Å². The molecule has 28 heavy (non-hydrogen) atoms. The predicted molar refractivity (Wildman–Crippen MR) is 108 cm³/mol. The van der Waals surface area contributed by atoms with E-state index in [9.17, 15) is 9.59 Å². The van der Waals surface area contributed by atoms with Crippen molar-refractivity contribution in [2.24, 2.45) is 0 Å². The first-order valence-electron chi connectivity index (χ1n) is 9.99. The molecule has 1 saturated heterocycles. The van der Waals surface area contributed by atoms with Crippen LogP contribution in [-0.4, -0.2) is 68.2 Å². The fourth-order valence-corrected chi connectivity index (χ4v) is 3.62. The summed E-state index contributed by atoms with van der Waals surface area (Å²) in [5.74, 6) is -0.385. The number of hydrogen-bond acceptors (Lipinski definition) is 5. The lowest BCUT2D eigenvalue weighted by Gasteiger charge is -2.35. The van der Waals surface area contributed by atoms with E-state index >= 15 is 0 Å². The van der Waals surface area contributed by atoms with Gasteiger partial charge in [0, 0.05) is 38.4 Å². The van der Waals surface area contributed by atoms with Gasteiger partial charge >= 0.3 is 12.0 Å². The van der Waals surface area contributed by atoms with Crippen molar-refractivity contribution in [3.05, 3.63) is 46.7 Å². The van der Waals surface area contributed by atoms with E-state index in [2.05, 4.69) is 34.4 Å². The number of rotatable bonds is 6. The Morgan fingerprint density at radius 3 is 2.43 bits per heavy atom. The Morgan fingerprint density at radius 2 is 1.82 bits per heavy atom. The third-order valence-corrected chi connectivity index (χ3v) is 5.35. The van der Waals surface area contributed by atoms with Crippen molar-refractivity contribution in [2.75, 3.05) is 46.4 Å². The highest BCUT2D eigenvalue weighted by molar-refractivity contribution is 5.95. The molecule has 1 atom stereocenters. The summed E-state index contributed by atoms with van der Waals surface area (Å²) in [6.45, 7) is 8.44. The average molecular weight is 386 g/mol. The van der Waals surface area contributed by atoms with E-state index < -0.39 is 6.04 Å². The third-order valence-electron chi connectivity index (χ3n) is 5.35. The first-order valence-corrected chi connectivity index (χ1v) is 9.99. The highest BCUT2D eigenvalue weighted by Gasteiger charge is 2.34. The van der Waals surface area contributed by atoms with E-state index in [4.69, 9.17) is 4.74 Å². The molecule has 2 N–H and O–H groups in total. The smallest absolute Gasteiger partial charge is 0.338 e. The second-order valence-electron chi connectivity index (χ2n) is 7.32. The van der Waals surface area contributed by atoms with E-state index in [-0.39, 0.29) is 12.0 Å². The molecule has 0 bridgehead atoms. The van der Waals surface area contributed by atoms with Gasteiger partial charge in [0.2, 0.25) is 0 Å². The zero-order valence-corrected chi connectivity index (χ0v) is 17.0. The van der Waals surface area contributed by atoms with Crippen molar-refractivity contribution in [3.8, 4) is 0 Å². The Bertz CT molecular complexity index is 737. The van der Waals surface area contributed by atoms with Gasteiger partial charge in [-0.1, -0.05) is 31.2 Å². The number of aryl methyl sites for hydroxylation is 1. The second kappa shape index (κ2) is 9.21. The van der Waals surface area contributed by atoms with Gasteiger partial charge in [0.25, 0.3) is 0 Å². The van der Waals surface area contributed by atoms with Gasteiger partial charge < -0.3 is 20.3 Å². The Balaban J connectivity index is 1.93. The number of piperazine rings is 1. The van der Waals surface area contributed by atoms with Gasteiger partial charge in [-0.05, 0) is 31.5 Å². The van der Waals surface area contributed by atoms with Gasteiger partial charge in [-0.15, -0.1) is 0 Å². The van der Waals surface area contributed by atoms with Crippen LogP contribution in [0.2, 0.25) is 0 Å². The summed E-state index contributed by atoms with van der Waals surface area (Å²) in [7, 11) is 2.10. The fraction of sp³-hybridized carbons (Fsp3) is 0.524. The van der Waals surface area contributed by atoms with Crippen LogP contribution >= 0.6 is 0 Å². The molecule has 0 aliphatic carbocycles. The van der Waals surface area contributed by atoms with Gasteiger partial charge in [-0.3, -0.25) is 4.90 Å². The van der Waals surface area contributed by atoms with E-state index in [1.165, 1.54) is 5.56 Å². The molecule has 0 aromatic heterocycles. The number of nitrogens with zero attached hydrogens (tertiary/aromatic N) is 2. The van der Waals surface area contributed by atoms with Crippen molar-refractivity contribution >= 4 is 12.0 Å². The Hall–Kier alpha value is -2.38. The standard InChI is InChI=1S/C21H30N4O3/c1-4-15-6-8-16(9-7-15)19-18(20(26)28-5-2)17(22-21(27)23-19)14-25-12-10-24(3)11-13-25/h6-9,19H,4-5,10-14H2,1-3H3,(H2,22,23,27)/t19-/m1/s1. The number of carbonyl (C=O) groups excluding carboxylic acids is 2. The molecule has 2 amide bonds. The van der Waals surface area contributed by atoms with Gasteiger partial charge in [0.15, 0.2) is 0 Å². The summed E-state index contributed by atoms with van der Waals surface area (Å²) < 4.78 is 5.33. The Morgan fingerprint density at radius 1 is 1.14 bits per heavy atom. The van der Waals surface area contributed by atoms with Gasteiger partial charge in [0.1, 0.15) is 0 Å². The molecule has 0 saturated carbocycles. The number of carbonyl (C=O) groups is 2. The maximum atomic E-state index is 12.8. The van der Waals surface area contributed by atoms with Crippen LogP contribution in [-0.2, 0) is 16.0 Å². The van der Waals surface area contributed by atoms with Crippen molar-refractivity contribution < 1.29 is 14.3 Å². The molecule has 0 radical (unpaired) electrons. The zero-order valence-electron chi connectivity index (χ0n) is 17.0. The monoisotopic (exact) mass is 386 g/mol. The van der Waals surface area contributed by atoms with Gasteiger partial charge in [0.05, 0.1) is 18.2 Å². The molecule has 1 fully saturated rings. The van der Waals surface area contributed by atoms with Crippen molar-refractivity contribution in [2.45, 2.75) is 26.3 Å². The van der Waals surface area contributed by atoms with Crippen molar-refractivity contribution in [3.63, 3.8) is 0 Å². The predicted octanol–water partition coefficient (Wildman–Crippen LogP) is 1.67. The van der Waals surface area contributed by atoms with Crippen molar-refractivity contribution in [1.82, 2.24) is 20.4 Å². The molecule has 2 aliphatic rings. The van der Waals surface area contributed by atoms with E-state index in [1.807, 2.05) is 24.3 Å². The average Bonchev–Trinajstić information content (AvgIpc) is 2.69. The minimum absolute atomic E-state index is 0.290. The molecule has 0 unspecified atom stereocenters. The number of esters is 1. The quantitative estimate of drug-likeness (QED) is 0.728. The second-order valence-corrected chi connectivity index (χ2v) is 7.32. The normalized spacial score (nSPS) is 21.2. The fourth-order valence-electron chi connectivity index (χ4n) is 3.62. The molecule has 1 aromatic rings. The molecule has 1 aromatic carbocycles. The summed E-state index contributed by atoms with van der Waals surface area (Å²) in [6.07, 6.45) is 0.939. The van der Waals surface area contributed by atoms with E-state index in [0.717, 1.165) is 38.2 Å². The Labute approximate surface area is 166 Å². The molecule has 152 valence electrons. The van der Waals surface area contributed by atoms with Crippen LogP contribution in [0.15, 0.2) is 35.5 Å². The zero-order chi connectivity index (χ0) is 20.1. The third kappa shape index (κ3) is 4.72. The van der Waals surface area contributed by atoms with Gasteiger partial charge in [-0.2, -0.15) is 0 Å². The van der Waals surface area contributed by atoms with Crippen molar-refractivity contribution in [1.29, 1.82) is 0 Å². The lowest BCUT2D eigenvalue weighted by atomic mass is 9.94. The molecule has 3 rings (SSSR count). The molecule has 2 heterocycles. The van der Waals surface area contributed by atoms with Gasteiger partial charge in [-0.25, -0.2) is 9.59 Å². The van der Waals surface area contributed by atoms with E-state index in [0.29, 0.717) is 24.4 Å². The number of urea groups is 1. The maximum Gasteiger partial charge on any atom is 0.338 e. The molecule has 0 spiro atoms. The highest BCUT2D eigenvalue weighted by atomic mass is 16.5. The number of hydrogen-bond donors (Lipinski definition) is 2. The number of ether oxygens (including phenoxy) is 1. The van der Waals surface area contributed by atoms with Crippen LogP contribution in [0.1, 0.15) is 31.0 Å².